The Hall–Kier alpha value is -1.36. The number of hydrogen-bond acceptors (Lipinski definition) is 3. The zero-order valence-corrected chi connectivity index (χ0v) is 10.4. The van der Waals surface area contributed by atoms with Gasteiger partial charge in [0.2, 0.25) is 0 Å². The third-order valence-electron chi connectivity index (χ3n) is 3.59. The molecule has 1 atom stereocenters. The quantitative estimate of drug-likeness (QED) is 0.865. The summed E-state index contributed by atoms with van der Waals surface area (Å²) in [7, 11) is 1.80. The summed E-state index contributed by atoms with van der Waals surface area (Å²) in [5, 5.41) is 13.1. The number of hydrogen-bond donors (Lipinski definition) is 1. The summed E-state index contributed by atoms with van der Waals surface area (Å²) in [6, 6.07) is 0.528. The summed E-state index contributed by atoms with van der Waals surface area (Å²) in [5.74, 6) is -0.891. The van der Waals surface area contributed by atoms with E-state index < -0.39 is 5.97 Å². The minimum atomic E-state index is -0.891. The Morgan fingerprint density at radius 2 is 2.35 bits per heavy atom. The van der Waals surface area contributed by atoms with Crippen LogP contribution < -0.4 is 0 Å². The fourth-order valence-corrected chi connectivity index (χ4v) is 2.41. The van der Waals surface area contributed by atoms with E-state index in [1.54, 1.807) is 11.7 Å². The van der Waals surface area contributed by atoms with Crippen molar-refractivity contribution in [1.29, 1.82) is 0 Å². The van der Waals surface area contributed by atoms with Crippen molar-refractivity contribution >= 4 is 5.97 Å². The monoisotopic (exact) mass is 237 g/mol. The lowest BCUT2D eigenvalue weighted by Crippen LogP contribution is -2.37. The van der Waals surface area contributed by atoms with Gasteiger partial charge in [-0.25, -0.2) is 4.79 Å². The molecule has 0 unspecified atom stereocenters. The van der Waals surface area contributed by atoms with Gasteiger partial charge in [-0.15, -0.1) is 0 Å². The van der Waals surface area contributed by atoms with Gasteiger partial charge in [-0.1, -0.05) is 6.42 Å². The third-order valence-corrected chi connectivity index (χ3v) is 3.59. The molecule has 1 aliphatic heterocycles. The molecular formula is C12H19N3O2. The first kappa shape index (κ1) is 12.1. The van der Waals surface area contributed by atoms with Crippen molar-refractivity contribution in [3.8, 4) is 0 Å². The lowest BCUT2D eigenvalue weighted by atomic mass is 10.0. The largest absolute Gasteiger partial charge is 0.478 e. The zero-order chi connectivity index (χ0) is 12.4. The van der Waals surface area contributed by atoms with Crippen LogP contribution in [0.25, 0.3) is 0 Å². The van der Waals surface area contributed by atoms with E-state index in [2.05, 4.69) is 16.9 Å². The van der Waals surface area contributed by atoms with Crippen LogP contribution in [-0.2, 0) is 13.6 Å². The van der Waals surface area contributed by atoms with Gasteiger partial charge in [-0.2, -0.15) is 5.10 Å². The van der Waals surface area contributed by atoms with Gasteiger partial charge in [-0.05, 0) is 26.3 Å². The Bertz CT molecular complexity index is 414. The van der Waals surface area contributed by atoms with Gasteiger partial charge in [0, 0.05) is 19.6 Å². The van der Waals surface area contributed by atoms with Crippen LogP contribution in [0.3, 0.4) is 0 Å². The molecule has 0 bridgehead atoms. The van der Waals surface area contributed by atoms with Crippen molar-refractivity contribution in [2.45, 2.75) is 38.8 Å². The van der Waals surface area contributed by atoms with Crippen LogP contribution in [0.15, 0.2) is 6.20 Å². The minimum Gasteiger partial charge on any atom is -0.478 e. The van der Waals surface area contributed by atoms with Crippen LogP contribution in [0.5, 0.6) is 0 Å². The molecule has 2 rings (SSSR count). The van der Waals surface area contributed by atoms with E-state index in [0.29, 0.717) is 18.2 Å². The van der Waals surface area contributed by atoms with Crippen LogP contribution in [0.2, 0.25) is 0 Å². The highest BCUT2D eigenvalue weighted by molar-refractivity contribution is 5.88. The number of aryl methyl sites for hydroxylation is 1. The summed E-state index contributed by atoms with van der Waals surface area (Å²) in [5.41, 5.74) is 1.12. The Balaban J connectivity index is 2.17. The fraction of sp³-hybridized carbons (Fsp3) is 0.667. The Kier molecular flexibility index (Phi) is 3.47. The molecule has 0 spiro atoms. The van der Waals surface area contributed by atoms with Crippen molar-refractivity contribution < 1.29 is 9.90 Å². The lowest BCUT2D eigenvalue weighted by Gasteiger charge is -2.33. The molecule has 5 heteroatoms. The van der Waals surface area contributed by atoms with Crippen LogP contribution in [0.1, 0.15) is 42.2 Å². The first-order valence-corrected chi connectivity index (χ1v) is 6.08. The molecule has 0 saturated carbocycles. The summed E-state index contributed by atoms with van der Waals surface area (Å²) in [6.07, 6.45) is 5.10. The normalized spacial score (nSPS) is 21.6. The van der Waals surface area contributed by atoms with E-state index in [9.17, 15) is 4.79 Å². The molecule has 5 nitrogen and oxygen atoms in total. The van der Waals surface area contributed by atoms with Crippen molar-refractivity contribution in [1.82, 2.24) is 14.7 Å². The Morgan fingerprint density at radius 3 is 3.00 bits per heavy atom. The minimum absolute atomic E-state index is 0.324. The first-order valence-electron chi connectivity index (χ1n) is 6.08. The van der Waals surface area contributed by atoms with Crippen LogP contribution >= 0.6 is 0 Å². The second kappa shape index (κ2) is 4.87. The zero-order valence-electron chi connectivity index (χ0n) is 10.4. The molecule has 17 heavy (non-hydrogen) atoms. The molecule has 94 valence electrons. The highest BCUT2D eigenvalue weighted by Crippen LogP contribution is 2.20. The van der Waals surface area contributed by atoms with Gasteiger partial charge >= 0.3 is 5.97 Å². The molecule has 1 aliphatic rings. The Morgan fingerprint density at radius 1 is 1.59 bits per heavy atom. The maximum Gasteiger partial charge on any atom is 0.339 e. The number of carboxylic acid groups (broad SMARTS) is 1. The molecule has 1 aromatic heterocycles. The standard InChI is InChI=1S/C12H19N3O2/c1-9-5-3-4-6-15(9)8-11-10(12(16)17)7-13-14(11)2/h7,9H,3-6,8H2,1-2H3,(H,16,17)/t9-/m0/s1. The van der Waals surface area contributed by atoms with E-state index in [4.69, 9.17) is 5.11 Å². The number of likely N-dealkylation sites (tertiary alicyclic amines) is 1. The van der Waals surface area contributed by atoms with Gasteiger partial charge in [0.1, 0.15) is 5.56 Å². The molecule has 0 amide bonds. The topological polar surface area (TPSA) is 58.4 Å². The molecule has 0 aromatic carbocycles. The number of nitrogens with zero attached hydrogens (tertiary/aromatic N) is 3. The van der Waals surface area contributed by atoms with Crippen molar-refractivity contribution in [3.63, 3.8) is 0 Å². The Labute approximate surface area is 101 Å². The molecule has 1 N–H and O–H groups in total. The van der Waals surface area contributed by atoms with E-state index in [-0.39, 0.29) is 0 Å². The van der Waals surface area contributed by atoms with Crippen LogP contribution in [0.4, 0.5) is 0 Å². The average molecular weight is 237 g/mol. The van der Waals surface area contributed by atoms with E-state index in [1.807, 2.05) is 0 Å². The number of aromatic carboxylic acids is 1. The van der Waals surface area contributed by atoms with E-state index >= 15 is 0 Å². The average Bonchev–Trinajstić information content (AvgIpc) is 2.64. The number of rotatable bonds is 3. The highest BCUT2D eigenvalue weighted by Gasteiger charge is 2.22. The molecule has 2 heterocycles. The molecule has 0 radical (unpaired) electrons. The first-order chi connectivity index (χ1) is 8.09. The highest BCUT2D eigenvalue weighted by atomic mass is 16.4. The van der Waals surface area contributed by atoms with Gasteiger partial charge < -0.3 is 5.11 Å². The molecule has 1 saturated heterocycles. The number of carboxylic acids is 1. The smallest absolute Gasteiger partial charge is 0.339 e. The van der Waals surface area contributed by atoms with Crippen molar-refractivity contribution in [2.75, 3.05) is 6.54 Å². The van der Waals surface area contributed by atoms with E-state index in [1.165, 1.54) is 25.5 Å². The molecule has 0 aliphatic carbocycles. The van der Waals surface area contributed by atoms with Crippen LogP contribution in [-0.4, -0.2) is 38.3 Å². The molecular weight excluding hydrogens is 218 g/mol. The van der Waals surface area contributed by atoms with E-state index in [0.717, 1.165) is 12.2 Å². The van der Waals surface area contributed by atoms with Crippen molar-refractivity contribution in [2.24, 2.45) is 7.05 Å². The lowest BCUT2D eigenvalue weighted by molar-refractivity contribution is 0.0692. The van der Waals surface area contributed by atoms with Gasteiger partial charge in [-0.3, -0.25) is 9.58 Å². The maximum atomic E-state index is 11.1. The molecule has 1 fully saturated rings. The number of piperidine rings is 1. The van der Waals surface area contributed by atoms with Crippen LogP contribution in [0, 0.1) is 0 Å². The number of carbonyl (C=O) groups is 1. The van der Waals surface area contributed by atoms with Crippen molar-refractivity contribution in [3.05, 3.63) is 17.5 Å². The van der Waals surface area contributed by atoms with Gasteiger partial charge in [0.05, 0.1) is 11.9 Å². The second-order valence-electron chi connectivity index (χ2n) is 4.75. The summed E-state index contributed by atoms with van der Waals surface area (Å²) >= 11 is 0. The summed E-state index contributed by atoms with van der Waals surface area (Å²) < 4.78 is 1.67. The van der Waals surface area contributed by atoms with Gasteiger partial charge in [0.15, 0.2) is 0 Å². The summed E-state index contributed by atoms with van der Waals surface area (Å²) in [6.45, 7) is 3.93. The predicted octanol–water partition coefficient (Wildman–Crippen LogP) is 1.49. The maximum absolute atomic E-state index is 11.1. The number of aromatic nitrogens is 2. The fourth-order valence-electron chi connectivity index (χ4n) is 2.41. The third kappa shape index (κ3) is 2.49. The SMILES string of the molecule is C[C@H]1CCCCN1Cc1c(C(=O)O)cnn1C. The molecule has 1 aromatic rings. The predicted molar refractivity (Wildman–Crippen MR) is 63.9 cm³/mol. The second-order valence-corrected chi connectivity index (χ2v) is 4.75. The summed E-state index contributed by atoms with van der Waals surface area (Å²) in [4.78, 5) is 13.4. The van der Waals surface area contributed by atoms with Gasteiger partial charge in [0.25, 0.3) is 0 Å².